The van der Waals surface area contributed by atoms with Crippen LogP contribution in [0.5, 0.6) is 5.75 Å². The summed E-state index contributed by atoms with van der Waals surface area (Å²) in [6, 6.07) is 4.62. The molecule has 1 saturated carbocycles. The number of carbonyl (C=O) groups is 1. The number of nitrogens with two attached hydrogens (primary N) is 1. The van der Waals surface area contributed by atoms with Gasteiger partial charge < -0.3 is 20.5 Å². The molecule has 1 saturated heterocycles. The number of anilines is 1. The number of benzene rings is 1. The van der Waals surface area contributed by atoms with E-state index in [0.717, 1.165) is 12.8 Å². The van der Waals surface area contributed by atoms with Gasteiger partial charge in [-0.15, -0.1) is 0 Å². The molecule has 0 spiro atoms. The van der Waals surface area contributed by atoms with Crippen LogP contribution in [0.15, 0.2) is 23.1 Å². The van der Waals surface area contributed by atoms with Gasteiger partial charge >= 0.3 is 0 Å². The van der Waals surface area contributed by atoms with E-state index in [1.165, 1.54) is 16.4 Å². The Morgan fingerprint density at radius 1 is 1.33 bits per heavy atom. The summed E-state index contributed by atoms with van der Waals surface area (Å²) in [5.74, 6) is 0.146. The van der Waals surface area contributed by atoms with Crippen molar-refractivity contribution in [3.05, 3.63) is 18.2 Å². The maximum absolute atomic E-state index is 12.9. The summed E-state index contributed by atoms with van der Waals surface area (Å²) in [5, 5.41) is 2.85. The molecule has 1 aromatic carbocycles. The zero-order valence-corrected chi connectivity index (χ0v) is 16.3. The Morgan fingerprint density at radius 3 is 2.70 bits per heavy atom. The molecule has 0 aromatic heterocycles. The molecule has 2 atom stereocenters. The van der Waals surface area contributed by atoms with Gasteiger partial charge in [0.05, 0.1) is 30.4 Å². The van der Waals surface area contributed by atoms with Gasteiger partial charge in [-0.3, -0.25) is 4.79 Å². The summed E-state index contributed by atoms with van der Waals surface area (Å²) in [6.07, 6.45) is 2.20. The monoisotopic (exact) mass is 397 g/mol. The van der Waals surface area contributed by atoms with Crippen molar-refractivity contribution >= 4 is 21.6 Å². The van der Waals surface area contributed by atoms with Crippen LogP contribution >= 0.6 is 0 Å². The van der Waals surface area contributed by atoms with Crippen LogP contribution in [0, 0.1) is 5.92 Å². The van der Waals surface area contributed by atoms with Crippen molar-refractivity contribution in [2.75, 3.05) is 38.2 Å². The molecule has 2 fully saturated rings. The molecule has 9 heteroatoms. The van der Waals surface area contributed by atoms with Crippen LogP contribution in [-0.4, -0.2) is 57.6 Å². The summed E-state index contributed by atoms with van der Waals surface area (Å²) in [7, 11) is -3.65. The summed E-state index contributed by atoms with van der Waals surface area (Å²) in [6.45, 7) is 3.63. The van der Waals surface area contributed by atoms with Crippen LogP contribution in [0.25, 0.3) is 0 Å². The number of hydrogen-bond acceptors (Lipinski definition) is 6. The zero-order valence-electron chi connectivity index (χ0n) is 15.5. The highest BCUT2D eigenvalue weighted by molar-refractivity contribution is 7.89. The second kappa shape index (κ2) is 8.55. The van der Waals surface area contributed by atoms with Gasteiger partial charge in [0.15, 0.2) is 0 Å². The van der Waals surface area contributed by atoms with Crippen molar-refractivity contribution in [1.82, 2.24) is 4.31 Å². The molecular formula is C18H27N3O5S. The fraction of sp³-hybridized carbons (Fsp3) is 0.611. The Hall–Kier alpha value is -1.68. The molecule has 27 heavy (non-hydrogen) atoms. The lowest BCUT2D eigenvalue weighted by Crippen LogP contribution is -2.40. The minimum absolute atomic E-state index is 0.0418. The highest BCUT2D eigenvalue weighted by atomic mass is 32.2. The van der Waals surface area contributed by atoms with E-state index in [4.69, 9.17) is 15.2 Å². The standard InChI is InChI=1S/C18H27N3O5S/c1-2-26-17-6-5-15(27(23,24)21-7-9-25-10-8-21)12-16(17)20-18(22)13-3-4-14(19)11-13/h5-6,12-14H,2-4,7-11,19H2,1H3,(H,20,22). The second-order valence-corrected chi connectivity index (χ2v) is 8.80. The number of nitrogens with one attached hydrogen (secondary N) is 1. The predicted octanol–water partition coefficient (Wildman–Crippen LogP) is 1.17. The smallest absolute Gasteiger partial charge is 0.243 e. The Morgan fingerprint density at radius 2 is 2.07 bits per heavy atom. The zero-order chi connectivity index (χ0) is 19.4. The number of rotatable bonds is 6. The van der Waals surface area contributed by atoms with Crippen molar-refractivity contribution in [1.29, 1.82) is 0 Å². The number of nitrogens with zero attached hydrogens (tertiary/aromatic N) is 1. The van der Waals surface area contributed by atoms with E-state index in [1.807, 2.05) is 6.92 Å². The predicted molar refractivity (Wildman–Crippen MR) is 101 cm³/mol. The molecule has 1 heterocycles. The van der Waals surface area contributed by atoms with Gasteiger partial charge in [-0.05, 0) is 44.4 Å². The van der Waals surface area contributed by atoms with Crippen LogP contribution in [0.1, 0.15) is 26.2 Å². The summed E-state index contributed by atoms with van der Waals surface area (Å²) < 4.78 is 38.0. The van der Waals surface area contributed by atoms with Gasteiger partial charge in [-0.1, -0.05) is 0 Å². The SMILES string of the molecule is CCOc1ccc(S(=O)(=O)N2CCOCC2)cc1NC(=O)C1CCC(N)C1. The lowest BCUT2D eigenvalue weighted by atomic mass is 10.1. The quantitative estimate of drug-likeness (QED) is 0.745. The Bertz CT molecular complexity index is 777. The van der Waals surface area contributed by atoms with Crippen LogP contribution in [0.4, 0.5) is 5.69 Å². The summed E-state index contributed by atoms with van der Waals surface area (Å²) in [5.41, 5.74) is 6.27. The van der Waals surface area contributed by atoms with Gasteiger partial charge in [0, 0.05) is 25.0 Å². The second-order valence-electron chi connectivity index (χ2n) is 6.87. The highest BCUT2D eigenvalue weighted by Gasteiger charge is 2.30. The van der Waals surface area contributed by atoms with Crippen LogP contribution in [-0.2, 0) is 19.6 Å². The van der Waals surface area contributed by atoms with Crippen LogP contribution < -0.4 is 15.8 Å². The van der Waals surface area contributed by atoms with Gasteiger partial charge in [-0.25, -0.2) is 8.42 Å². The van der Waals surface area contributed by atoms with Crippen molar-refractivity contribution in [3.63, 3.8) is 0 Å². The number of hydrogen-bond donors (Lipinski definition) is 2. The van der Waals surface area contributed by atoms with Crippen molar-refractivity contribution < 1.29 is 22.7 Å². The summed E-state index contributed by atoms with van der Waals surface area (Å²) in [4.78, 5) is 12.7. The normalized spacial score (nSPS) is 23.9. The molecule has 0 bridgehead atoms. The first-order valence-corrected chi connectivity index (χ1v) is 10.8. The van der Waals surface area contributed by atoms with Gasteiger partial charge in [0.25, 0.3) is 0 Å². The van der Waals surface area contributed by atoms with E-state index < -0.39 is 10.0 Å². The van der Waals surface area contributed by atoms with Crippen molar-refractivity contribution in [2.45, 2.75) is 37.1 Å². The Balaban J connectivity index is 1.84. The van der Waals surface area contributed by atoms with Gasteiger partial charge in [0.2, 0.25) is 15.9 Å². The number of morpholine rings is 1. The van der Waals surface area contributed by atoms with E-state index in [1.54, 1.807) is 6.07 Å². The number of amides is 1. The van der Waals surface area contributed by atoms with E-state index in [2.05, 4.69) is 5.32 Å². The first-order valence-electron chi connectivity index (χ1n) is 9.33. The van der Waals surface area contributed by atoms with E-state index in [-0.39, 0.29) is 22.8 Å². The third-order valence-corrected chi connectivity index (χ3v) is 6.86. The third kappa shape index (κ3) is 4.60. The largest absolute Gasteiger partial charge is 0.492 e. The number of carbonyl (C=O) groups excluding carboxylic acids is 1. The molecule has 1 aromatic rings. The molecule has 1 aliphatic heterocycles. The fourth-order valence-electron chi connectivity index (χ4n) is 3.47. The van der Waals surface area contributed by atoms with Gasteiger partial charge in [0.1, 0.15) is 5.75 Å². The van der Waals surface area contributed by atoms with E-state index in [9.17, 15) is 13.2 Å². The molecule has 1 amide bonds. The molecule has 150 valence electrons. The van der Waals surface area contributed by atoms with Crippen LogP contribution in [0.3, 0.4) is 0 Å². The topological polar surface area (TPSA) is 111 Å². The lowest BCUT2D eigenvalue weighted by Gasteiger charge is -2.26. The third-order valence-electron chi connectivity index (χ3n) is 4.96. The number of sulfonamides is 1. The molecule has 8 nitrogen and oxygen atoms in total. The Kier molecular flexibility index (Phi) is 6.36. The molecule has 3 rings (SSSR count). The average molecular weight is 397 g/mol. The van der Waals surface area contributed by atoms with Gasteiger partial charge in [-0.2, -0.15) is 4.31 Å². The maximum atomic E-state index is 12.9. The lowest BCUT2D eigenvalue weighted by molar-refractivity contribution is -0.119. The first kappa shape index (κ1) is 20.1. The molecule has 1 aliphatic carbocycles. The molecular weight excluding hydrogens is 370 g/mol. The van der Waals surface area contributed by atoms with Crippen molar-refractivity contribution in [2.24, 2.45) is 11.7 Å². The average Bonchev–Trinajstić information content (AvgIpc) is 3.10. The minimum atomic E-state index is -3.65. The molecule has 2 aliphatic rings. The summed E-state index contributed by atoms with van der Waals surface area (Å²) >= 11 is 0. The van der Waals surface area contributed by atoms with Crippen molar-refractivity contribution in [3.8, 4) is 5.75 Å². The molecule has 3 N–H and O–H groups in total. The number of ether oxygens (including phenoxy) is 2. The molecule has 0 radical (unpaired) electrons. The minimum Gasteiger partial charge on any atom is -0.492 e. The molecule has 2 unspecified atom stereocenters. The highest BCUT2D eigenvalue weighted by Crippen LogP contribution is 2.32. The maximum Gasteiger partial charge on any atom is 0.243 e. The van der Waals surface area contributed by atoms with Crippen LogP contribution in [0.2, 0.25) is 0 Å². The Labute approximate surface area is 160 Å². The van der Waals surface area contributed by atoms with E-state index >= 15 is 0 Å². The van der Waals surface area contributed by atoms with E-state index in [0.29, 0.717) is 50.8 Å². The first-order chi connectivity index (χ1) is 12.9. The fourth-order valence-corrected chi connectivity index (χ4v) is 4.91.